The summed E-state index contributed by atoms with van der Waals surface area (Å²) >= 11 is 0. The van der Waals surface area contributed by atoms with Crippen molar-refractivity contribution in [2.45, 2.75) is 160 Å². The largest absolute Gasteiger partial charge is 0.370 e. The van der Waals surface area contributed by atoms with Gasteiger partial charge in [0.05, 0.1) is 0 Å². The van der Waals surface area contributed by atoms with Gasteiger partial charge < -0.3 is 44.2 Å². The molecular weight excluding hydrogens is 690 g/mol. The first-order valence-electron chi connectivity index (χ1n) is 19.7. The van der Waals surface area contributed by atoms with E-state index in [1.807, 2.05) is 0 Å². The molecule has 15 heteroatoms. The summed E-state index contributed by atoms with van der Waals surface area (Å²) in [6, 6.07) is 4.39. The second-order valence-corrected chi connectivity index (χ2v) is 14.0. The number of hydrogen-bond acceptors (Lipinski definition) is 7. The number of carbonyl (C=O) groups excluding carboxylic acids is 6. The molecule has 0 saturated carbocycles. The fourth-order valence-electron chi connectivity index (χ4n) is 5.92. The number of amides is 6. The third-order valence-corrected chi connectivity index (χ3v) is 9.11. The van der Waals surface area contributed by atoms with Crippen molar-refractivity contribution in [1.82, 2.24) is 21.3 Å². The summed E-state index contributed by atoms with van der Waals surface area (Å²) in [4.78, 5) is 80.5. The highest BCUT2D eigenvalue weighted by molar-refractivity contribution is 5.95. The first-order chi connectivity index (χ1) is 25.8. The normalized spacial score (nSPS) is 13.1. The number of rotatable bonds is 31. The lowest BCUT2D eigenvalue weighted by Gasteiger charge is -2.25. The maximum absolute atomic E-state index is 13.6. The Morgan fingerprint density at radius 3 is 1.61 bits per heavy atom. The van der Waals surface area contributed by atoms with Crippen LogP contribution in [0.15, 0.2) is 35.3 Å². The minimum atomic E-state index is -1.29. The van der Waals surface area contributed by atoms with Gasteiger partial charge in [-0.1, -0.05) is 114 Å². The fourth-order valence-corrected chi connectivity index (χ4v) is 5.92. The lowest BCUT2D eigenvalue weighted by Crippen LogP contribution is -2.58. The molecule has 54 heavy (non-hydrogen) atoms. The van der Waals surface area contributed by atoms with Crippen molar-refractivity contribution in [3.8, 4) is 0 Å². The summed E-state index contributed by atoms with van der Waals surface area (Å²) < 4.78 is 0. The molecule has 6 amide bonds. The van der Waals surface area contributed by atoms with E-state index in [0.717, 1.165) is 24.8 Å². The molecule has 0 aromatic heterocycles. The lowest BCUT2D eigenvalue weighted by atomic mass is 10.0. The Balaban J connectivity index is 2.75. The average Bonchev–Trinajstić information content (AvgIpc) is 3.12. The molecule has 12 N–H and O–H groups in total. The van der Waals surface area contributed by atoms with Crippen LogP contribution in [0.4, 0.5) is 0 Å². The number of benzene rings is 1. The molecule has 0 fully saturated rings. The van der Waals surface area contributed by atoms with Crippen LogP contribution in [0.5, 0.6) is 0 Å². The van der Waals surface area contributed by atoms with Gasteiger partial charge in [-0.3, -0.25) is 33.8 Å². The van der Waals surface area contributed by atoms with E-state index in [2.05, 4.69) is 33.2 Å². The number of carbonyl (C=O) groups is 6. The molecule has 0 aliphatic rings. The van der Waals surface area contributed by atoms with E-state index in [1.54, 1.807) is 30.3 Å². The van der Waals surface area contributed by atoms with Crippen LogP contribution in [0.25, 0.3) is 0 Å². The zero-order valence-electron chi connectivity index (χ0n) is 32.5. The Morgan fingerprint density at radius 2 is 1.09 bits per heavy atom. The van der Waals surface area contributed by atoms with Gasteiger partial charge in [0.25, 0.3) is 0 Å². The van der Waals surface area contributed by atoms with Crippen LogP contribution < -0.4 is 44.2 Å². The predicted octanol–water partition coefficient (Wildman–Crippen LogP) is 2.47. The number of guanidine groups is 1. The molecule has 0 aliphatic carbocycles. The standard InChI is InChI=1S/C39H67N9O6/c1-3-4-5-6-7-8-9-10-11-12-13-14-18-23-34(50)45-28(2)36(52)46-30(22-19-26-44-39(42)43)37(53)47-31(24-25-33(40)49)38(54)48-32(35(41)51)27-29-20-16-15-17-21-29/h15-17,20-21,28,30-32H,3-14,18-19,22-27H2,1-2H3,(H2,40,49)(H2,41,51)(H,45,50)(H,46,52)(H,47,53)(H,48,54)(H4,42,43,44)/t28-,30-,31-,32-/m0/s1. The van der Waals surface area contributed by atoms with Crippen molar-refractivity contribution >= 4 is 41.4 Å². The first-order valence-corrected chi connectivity index (χ1v) is 19.7. The van der Waals surface area contributed by atoms with Crippen LogP contribution >= 0.6 is 0 Å². The zero-order valence-corrected chi connectivity index (χ0v) is 32.5. The molecular formula is C39H67N9O6. The van der Waals surface area contributed by atoms with Crippen molar-refractivity contribution in [2.75, 3.05) is 6.54 Å². The molecule has 0 spiro atoms. The van der Waals surface area contributed by atoms with Crippen LogP contribution in [-0.4, -0.2) is 72.1 Å². The number of nitrogens with zero attached hydrogens (tertiary/aromatic N) is 1. The minimum absolute atomic E-state index is 0.0794. The molecule has 4 atom stereocenters. The van der Waals surface area contributed by atoms with E-state index in [9.17, 15) is 28.8 Å². The Hall–Kier alpha value is -4.69. The second kappa shape index (κ2) is 28.8. The van der Waals surface area contributed by atoms with Crippen LogP contribution in [0.1, 0.15) is 135 Å². The van der Waals surface area contributed by atoms with Gasteiger partial charge in [0, 0.05) is 25.8 Å². The first kappa shape index (κ1) is 47.3. The van der Waals surface area contributed by atoms with Gasteiger partial charge in [0.15, 0.2) is 5.96 Å². The second-order valence-electron chi connectivity index (χ2n) is 14.0. The van der Waals surface area contributed by atoms with Crippen molar-refractivity contribution in [2.24, 2.45) is 27.9 Å². The van der Waals surface area contributed by atoms with Crippen molar-refractivity contribution < 1.29 is 28.8 Å². The average molecular weight is 758 g/mol. The number of nitrogens with one attached hydrogen (secondary N) is 4. The Labute approximate surface area is 321 Å². The van der Waals surface area contributed by atoms with E-state index in [4.69, 9.17) is 22.9 Å². The van der Waals surface area contributed by atoms with Crippen molar-refractivity contribution in [3.63, 3.8) is 0 Å². The predicted molar refractivity (Wildman–Crippen MR) is 211 cm³/mol. The van der Waals surface area contributed by atoms with Crippen LogP contribution in [0.3, 0.4) is 0 Å². The summed E-state index contributed by atoms with van der Waals surface area (Å²) in [7, 11) is 0. The highest BCUT2D eigenvalue weighted by Crippen LogP contribution is 2.13. The SMILES string of the molecule is CCCCCCCCCCCCCCCC(=O)N[C@@H](C)C(=O)N[C@@H](CCCN=C(N)N)C(=O)N[C@@H](CCC(N)=O)C(=O)N[C@@H](Cc1ccccc1)C(N)=O. The van der Waals surface area contributed by atoms with Gasteiger partial charge in [0.2, 0.25) is 35.4 Å². The van der Waals surface area contributed by atoms with Crippen molar-refractivity contribution in [3.05, 3.63) is 35.9 Å². The summed E-state index contributed by atoms with van der Waals surface area (Å²) in [6.45, 7) is 3.91. The smallest absolute Gasteiger partial charge is 0.243 e. The number of aliphatic imine (C=N–C) groups is 1. The summed E-state index contributed by atoms with van der Waals surface area (Å²) in [5, 5.41) is 10.5. The Morgan fingerprint density at radius 1 is 0.593 bits per heavy atom. The number of nitrogens with two attached hydrogens (primary N) is 4. The number of unbranched alkanes of at least 4 members (excludes halogenated alkanes) is 12. The molecule has 1 rings (SSSR count). The van der Waals surface area contributed by atoms with E-state index in [0.29, 0.717) is 6.42 Å². The Kier molecular flexibility index (Phi) is 25.2. The summed E-state index contributed by atoms with van der Waals surface area (Å²) in [6.07, 6.45) is 15.8. The molecule has 0 bridgehead atoms. The van der Waals surface area contributed by atoms with E-state index < -0.39 is 53.7 Å². The number of primary amides is 2. The maximum Gasteiger partial charge on any atom is 0.243 e. The lowest BCUT2D eigenvalue weighted by molar-refractivity contribution is -0.134. The van der Waals surface area contributed by atoms with E-state index >= 15 is 0 Å². The van der Waals surface area contributed by atoms with E-state index in [-0.39, 0.29) is 56.9 Å². The molecule has 0 radical (unpaired) electrons. The van der Waals surface area contributed by atoms with Gasteiger partial charge in [-0.2, -0.15) is 0 Å². The van der Waals surface area contributed by atoms with Gasteiger partial charge in [-0.15, -0.1) is 0 Å². The van der Waals surface area contributed by atoms with Gasteiger partial charge in [-0.25, -0.2) is 0 Å². The quantitative estimate of drug-likeness (QED) is 0.0316. The summed E-state index contributed by atoms with van der Waals surface area (Å²) in [5.74, 6) is -4.00. The van der Waals surface area contributed by atoms with Crippen LogP contribution in [0, 0.1) is 0 Å². The molecule has 1 aromatic rings. The minimum Gasteiger partial charge on any atom is -0.370 e. The highest BCUT2D eigenvalue weighted by atomic mass is 16.2. The topological polar surface area (TPSA) is 267 Å². The van der Waals surface area contributed by atoms with Crippen LogP contribution in [-0.2, 0) is 35.2 Å². The summed E-state index contributed by atoms with van der Waals surface area (Å²) in [5.41, 5.74) is 22.5. The maximum atomic E-state index is 13.6. The molecule has 1 aromatic carbocycles. The molecule has 0 heterocycles. The molecule has 0 saturated heterocycles. The van der Waals surface area contributed by atoms with Gasteiger partial charge >= 0.3 is 0 Å². The fraction of sp³-hybridized carbons (Fsp3) is 0.667. The van der Waals surface area contributed by atoms with E-state index in [1.165, 1.54) is 64.7 Å². The van der Waals surface area contributed by atoms with Crippen molar-refractivity contribution in [1.29, 1.82) is 0 Å². The highest BCUT2D eigenvalue weighted by Gasteiger charge is 2.30. The molecule has 0 aliphatic heterocycles. The third-order valence-electron chi connectivity index (χ3n) is 9.11. The monoisotopic (exact) mass is 758 g/mol. The molecule has 0 unspecified atom stereocenters. The van der Waals surface area contributed by atoms with Gasteiger partial charge in [0.1, 0.15) is 24.2 Å². The molecule has 304 valence electrons. The number of hydrogen-bond donors (Lipinski definition) is 8. The third kappa shape index (κ3) is 23.1. The Bertz CT molecular complexity index is 1310. The zero-order chi connectivity index (χ0) is 40.1. The van der Waals surface area contributed by atoms with Gasteiger partial charge in [-0.05, 0) is 38.2 Å². The van der Waals surface area contributed by atoms with Crippen LogP contribution in [0.2, 0.25) is 0 Å². The molecule has 15 nitrogen and oxygen atoms in total.